The summed E-state index contributed by atoms with van der Waals surface area (Å²) < 4.78 is 5.28. The number of piperidine rings is 1. The molecule has 1 amide bonds. The van der Waals surface area contributed by atoms with Crippen molar-refractivity contribution in [3.8, 4) is 5.75 Å². The molecule has 1 heterocycles. The van der Waals surface area contributed by atoms with E-state index in [9.17, 15) is 4.79 Å². The van der Waals surface area contributed by atoms with Crippen molar-refractivity contribution in [2.45, 2.75) is 25.9 Å². The molecule has 0 aliphatic carbocycles. The van der Waals surface area contributed by atoms with E-state index < -0.39 is 0 Å². The molecular weight excluding hydrogens is 383 g/mol. The van der Waals surface area contributed by atoms with E-state index in [1.807, 2.05) is 18.2 Å². The van der Waals surface area contributed by atoms with Crippen LogP contribution in [0.1, 0.15) is 24.0 Å². The highest BCUT2D eigenvalue weighted by Crippen LogP contribution is 2.23. The molecule has 1 aliphatic rings. The maximum Gasteiger partial charge on any atom is 0.223 e. The van der Waals surface area contributed by atoms with Crippen LogP contribution in [0.3, 0.4) is 0 Å². The largest absolute Gasteiger partial charge is 0.497 e. The molecule has 144 valence electrons. The maximum atomic E-state index is 12.5. The highest BCUT2D eigenvalue weighted by Gasteiger charge is 2.25. The lowest BCUT2D eigenvalue weighted by Crippen LogP contribution is -2.40. The van der Waals surface area contributed by atoms with Crippen molar-refractivity contribution in [1.29, 1.82) is 0 Å². The summed E-state index contributed by atoms with van der Waals surface area (Å²) in [6.45, 7) is 3.14. The van der Waals surface area contributed by atoms with E-state index >= 15 is 0 Å². The Morgan fingerprint density at radius 1 is 1.19 bits per heavy atom. The monoisotopic (exact) mass is 406 g/mol. The van der Waals surface area contributed by atoms with Crippen LogP contribution in [-0.2, 0) is 17.9 Å². The zero-order valence-electron chi connectivity index (χ0n) is 15.4. The maximum absolute atomic E-state index is 12.5. The number of ether oxygens (including phenoxy) is 1. The van der Waals surface area contributed by atoms with E-state index in [1.165, 1.54) is 5.56 Å². The van der Waals surface area contributed by atoms with Gasteiger partial charge in [0, 0.05) is 29.1 Å². The van der Waals surface area contributed by atoms with E-state index in [2.05, 4.69) is 22.3 Å². The molecule has 2 aromatic rings. The predicted molar refractivity (Wildman–Crippen MR) is 109 cm³/mol. The molecule has 0 bridgehead atoms. The number of hydrogen-bond acceptors (Lipinski definition) is 3. The first-order valence-corrected chi connectivity index (χ1v) is 9.87. The summed E-state index contributed by atoms with van der Waals surface area (Å²) in [5.74, 6) is 1.03. The minimum atomic E-state index is 0.0534. The number of likely N-dealkylation sites (tertiary alicyclic amines) is 1. The fraction of sp³-hybridized carbons (Fsp3) is 0.381. The van der Waals surface area contributed by atoms with Crippen LogP contribution >= 0.6 is 23.2 Å². The quantitative estimate of drug-likeness (QED) is 0.765. The van der Waals surface area contributed by atoms with Crippen LogP contribution in [0.25, 0.3) is 0 Å². The van der Waals surface area contributed by atoms with Gasteiger partial charge in [0.2, 0.25) is 5.91 Å². The summed E-state index contributed by atoms with van der Waals surface area (Å²) in [7, 11) is 1.68. The summed E-state index contributed by atoms with van der Waals surface area (Å²) in [6, 6.07) is 13.5. The van der Waals surface area contributed by atoms with Gasteiger partial charge in [0.05, 0.1) is 7.11 Å². The normalized spacial score (nSPS) is 15.5. The summed E-state index contributed by atoms with van der Waals surface area (Å²) in [5.41, 5.74) is 2.11. The number of nitrogens with zero attached hydrogens (tertiary/aromatic N) is 1. The Bertz CT molecular complexity index is 790. The second kappa shape index (κ2) is 9.45. The first kappa shape index (κ1) is 20.0. The molecule has 2 aromatic carbocycles. The molecule has 6 heteroatoms. The Labute approximate surface area is 170 Å². The molecule has 0 saturated carbocycles. The number of amides is 1. The van der Waals surface area contributed by atoms with Crippen LogP contribution < -0.4 is 10.1 Å². The third-order valence-corrected chi connectivity index (χ3v) is 5.55. The first-order valence-electron chi connectivity index (χ1n) is 9.12. The molecule has 0 unspecified atom stereocenters. The van der Waals surface area contributed by atoms with Crippen LogP contribution in [0.15, 0.2) is 42.5 Å². The Morgan fingerprint density at radius 2 is 1.96 bits per heavy atom. The molecular formula is C21H24Cl2N2O2. The van der Waals surface area contributed by atoms with Crippen LogP contribution in [0.5, 0.6) is 5.75 Å². The number of carbonyl (C=O) groups excluding carboxylic acids is 1. The van der Waals surface area contributed by atoms with Gasteiger partial charge in [-0.1, -0.05) is 41.4 Å². The molecule has 1 aliphatic heterocycles. The standard InChI is InChI=1S/C21H24Cl2N2O2/c1-27-19-4-2-3-15(11-19)14-25-9-7-16(8-10-25)21(26)24-13-17-5-6-18(22)12-20(17)23/h2-6,11-12,16H,7-10,13-14H2,1H3,(H,24,26). The number of benzene rings is 2. The molecule has 4 nitrogen and oxygen atoms in total. The van der Waals surface area contributed by atoms with Gasteiger partial charge in [-0.25, -0.2) is 0 Å². The number of rotatable bonds is 6. The summed E-state index contributed by atoms with van der Waals surface area (Å²) in [4.78, 5) is 14.9. The Balaban J connectivity index is 1.46. The van der Waals surface area contributed by atoms with E-state index in [0.29, 0.717) is 16.6 Å². The van der Waals surface area contributed by atoms with Gasteiger partial charge in [-0.15, -0.1) is 0 Å². The highest BCUT2D eigenvalue weighted by atomic mass is 35.5. The van der Waals surface area contributed by atoms with Crippen molar-refractivity contribution in [3.05, 3.63) is 63.6 Å². The first-order chi connectivity index (χ1) is 13.0. The van der Waals surface area contributed by atoms with Crippen LogP contribution in [0.2, 0.25) is 10.0 Å². The third-order valence-electron chi connectivity index (χ3n) is 4.97. The second-order valence-corrected chi connectivity index (χ2v) is 7.70. The average molecular weight is 407 g/mol. The van der Waals surface area contributed by atoms with Crippen LogP contribution in [0.4, 0.5) is 0 Å². The van der Waals surface area contributed by atoms with Crippen LogP contribution in [0, 0.1) is 5.92 Å². The van der Waals surface area contributed by atoms with Gasteiger partial charge in [-0.3, -0.25) is 9.69 Å². The van der Waals surface area contributed by atoms with Crippen molar-refractivity contribution in [2.24, 2.45) is 5.92 Å². The van der Waals surface area contributed by atoms with E-state index in [1.54, 1.807) is 19.2 Å². The summed E-state index contributed by atoms with van der Waals surface area (Å²) in [6.07, 6.45) is 1.73. The lowest BCUT2D eigenvalue weighted by molar-refractivity contribution is -0.126. The number of nitrogens with one attached hydrogen (secondary N) is 1. The van der Waals surface area contributed by atoms with Crippen molar-refractivity contribution in [1.82, 2.24) is 10.2 Å². The van der Waals surface area contributed by atoms with Gasteiger partial charge < -0.3 is 10.1 Å². The minimum absolute atomic E-state index is 0.0534. The topological polar surface area (TPSA) is 41.6 Å². The number of hydrogen-bond donors (Lipinski definition) is 1. The third kappa shape index (κ3) is 5.61. The number of carbonyl (C=O) groups is 1. The molecule has 0 radical (unpaired) electrons. The molecule has 0 atom stereocenters. The Kier molecular flexibility index (Phi) is 7.00. The zero-order chi connectivity index (χ0) is 19.2. The smallest absolute Gasteiger partial charge is 0.223 e. The van der Waals surface area contributed by atoms with Gasteiger partial charge in [0.25, 0.3) is 0 Å². The van der Waals surface area contributed by atoms with Gasteiger partial charge in [-0.2, -0.15) is 0 Å². The highest BCUT2D eigenvalue weighted by molar-refractivity contribution is 6.35. The fourth-order valence-corrected chi connectivity index (χ4v) is 3.85. The molecule has 3 rings (SSSR count). The molecule has 1 saturated heterocycles. The number of methoxy groups -OCH3 is 1. The van der Waals surface area contributed by atoms with E-state index in [4.69, 9.17) is 27.9 Å². The Hall–Kier alpha value is -1.75. The van der Waals surface area contributed by atoms with Crippen molar-refractivity contribution in [3.63, 3.8) is 0 Å². The Morgan fingerprint density at radius 3 is 2.67 bits per heavy atom. The second-order valence-electron chi connectivity index (χ2n) is 6.86. The SMILES string of the molecule is COc1cccc(CN2CCC(C(=O)NCc3ccc(Cl)cc3Cl)CC2)c1. The minimum Gasteiger partial charge on any atom is -0.497 e. The van der Waals surface area contributed by atoms with Gasteiger partial charge in [-0.05, 0) is 61.3 Å². The van der Waals surface area contributed by atoms with Gasteiger partial charge in [0.1, 0.15) is 5.75 Å². The van der Waals surface area contributed by atoms with Crippen molar-refractivity contribution in [2.75, 3.05) is 20.2 Å². The molecule has 27 heavy (non-hydrogen) atoms. The average Bonchev–Trinajstić information content (AvgIpc) is 2.68. The van der Waals surface area contributed by atoms with Gasteiger partial charge in [0.15, 0.2) is 0 Å². The predicted octanol–water partition coefficient (Wildman–Crippen LogP) is 4.53. The van der Waals surface area contributed by atoms with Crippen molar-refractivity contribution < 1.29 is 9.53 Å². The summed E-state index contributed by atoms with van der Waals surface area (Å²) >= 11 is 12.1. The van der Waals surface area contributed by atoms with Crippen LogP contribution in [-0.4, -0.2) is 31.0 Å². The lowest BCUT2D eigenvalue weighted by Gasteiger charge is -2.31. The zero-order valence-corrected chi connectivity index (χ0v) is 16.9. The van der Waals surface area contributed by atoms with Gasteiger partial charge >= 0.3 is 0 Å². The van der Waals surface area contributed by atoms with E-state index in [-0.39, 0.29) is 11.8 Å². The molecule has 0 spiro atoms. The summed E-state index contributed by atoms with van der Waals surface area (Å²) in [5, 5.41) is 4.18. The number of halogens is 2. The van der Waals surface area contributed by atoms with E-state index in [0.717, 1.165) is 43.8 Å². The lowest BCUT2D eigenvalue weighted by atomic mass is 9.95. The van der Waals surface area contributed by atoms with Crippen molar-refractivity contribution >= 4 is 29.1 Å². The molecule has 1 fully saturated rings. The fourth-order valence-electron chi connectivity index (χ4n) is 3.37. The molecule has 0 aromatic heterocycles. The molecule has 1 N–H and O–H groups in total.